The van der Waals surface area contributed by atoms with E-state index in [0.717, 1.165) is 13.0 Å². The fraction of sp³-hybridized carbons (Fsp3) is 0.375. The highest BCUT2D eigenvalue weighted by molar-refractivity contribution is 9.11. The van der Waals surface area contributed by atoms with Gasteiger partial charge in [-0.15, -0.1) is 0 Å². The van der Waals surface area contributed by atoms with Gasteiger partial charge in [-0.1, -0.05) is 21.1 Å². The number of hydrogen-bond acceptors (Lipinski definition) is 5. The van der Waals surface area contributed by atoms with E-state index in [1.807, 2.05) is 0 Å². The molecule has 0 aliphatic heterocycles. The van der Waals surface area contributed by atoms with Crippen LogP contribution in [0.3, 0.4) is 0 Å². The predicted octanol–water partition coefficient (Wildman–Crippen LogP) is 0.465. The van der Waals surface area contributed by atoms with Crippen LogP contribution >= 0.6 is 15.9 Å². The Hall–Kier alpha value is -1.05. The van der Waals surface area contributed by atoms with Crippen molar-refractivity contribution in [3.63, 3.8) is 0 Å². The van der Waals surface area contributed by atoms with Crippen molar-refractivity contribution in [1.29, 1.82) is 0 Å². The zero-order chi connectivity index (χ0) is 12.0. The molecule has 0 spiro atoms. The van der Waals surface area contributed by atoms with E-state index in [1.165, 1.54) is 11.9 Å². The summed E-state index contributed by atoms with van der Waals surface area (Å²) in [5.74, 6) is -1.81. The van der Waals surface area contributed by atoms with Gasteiger partial charge in [-0.2, -0.15) is 5.01 Å². The predicted molar refractivity (Wildman–Crippen MR) is 54.8 cm³/mol. The Morgan fingerprint density at radius 3 is 2.20 bits per heavy atom. The number of rotatable bonds is 4. The molecule has 0 radical (unpaired) electrons. The molecule has 84 valence electrons. The number of halogens is 1. The summed E-state index contributed by atoms with van der Waals surface area (Å²) >= 11 is 2.86. The number of hydroxylamine groups is 1. The molecule has 0 rings (SSSR count). The van der Waals surface area contributed by atoms with Crippen molar-refractivity contribution in [2.45, 2.75) is 13.8 Å². The molecular formula is C8H11BrN2O4. The van der Waals surface area contributed by atoms with E-state index in [4.69, 9.17) is 0 Å². The Kier molecular flexibility index (Phi) is 5.99. The number of hydrogen-bond donors (Lipinski definition) is 1. The second-order valence-corrected chi connectivity index (χ2v) is 3.22. The highest BCUT2D eigenvalue weighted by Crippen LogP contribution is 1.99. The van der Waals surface area contributed by atoms with Gasteiger partial charge >= 0.3 is 0 Å². The van der Waals surface area contributed by atoms with Gasteiger partial charge in [0.1, 0.15) is 12.3 Å². The molecule has 0 aromatic heterocycles. The largest absolute Gasteiger partial charge is 0.298 e. The van der Waals surface area contributed by atoms with Crippen LogP contribution < -0.4 is 0 Å². The van der Waals surface area contributed by atoms with Gasteiger partial charge in [-0.3, -0.25) is 19.6 Å². The van der Waals surface area contributed by atoms with Crippen LogP contribution in [0.4, 0.5) is 0 Å². The summed E-state index contributed by atoms with van der Waals surface area (Å²) in [4.78, 5) is 34.2. The van der Waals surface area contributed by atoms with E-state index >= 15 is 0 Å². The zero-order valence-corrected chi connectivity index (χ0v) is 9.89. The SMILES string of the molecule is CC(=O)CN(O)N(C(C)=O)C(=O)/C=C/Br. The third-order valence-corrected chi connectivity index (χ3v) is 1.57. The molecule has 0 bridgehead atoms. The van der Waals surface area contributed by atoms with Crippen LogP contribution in [0.1, 0.15) is 13.8 Å². The summed E-state index contributed by atoms with van der Waals surface area (Å²) in [7, 11) is 0. The fourth-order valence-corrected chi connectivity index (χ4v) is 1.05. The first-order valence-electron chi connectivity index (χ1n) is 3.97. The molecule has 0 fully saturated rings. The fourth-order valence-electron chi connectivity index (χ4n) is 0.826. The molecule has 0 unspecified atom stereocenters. The van der Waals surface area contributed by atoms with Crippen molar-refractivity contribution in [2.75, 3.05) is 6.54 Å². The number of imide groups is 1. The minimum atomic E-state index is -0.747. The van der Waals surface area contributed by atoms with Gasteiger partial charge < -0.3 is 0 Å². The van der Waals surface area contributed by atoms with Crippen LogP contribution in [-0.2, 0) is 14.4 Å². The Bertz CT molecular complexity index is 303. The molecule has 15 heavy (non-hydrogen) atoms. The van der Waals surface area contributed by atoms with Crippen molar-refractivity contribution >= 4 is 33.5 Å². The minimum Gasteiger partial charge on any atom is -0.298 e. The van der Waals surface area contributed by atoms with Crippen molar-refractivity contribution < 1.29 is 19.6 Å². The lowest BCUT2D eigenvalue weighted by atomic mass is 10.4. The average Bonchev–Trinajstić information content (AvgIpc) is 2.01. The molecule has 0 saturated carbocycles. The van der Waals surface area contributed by atoms with Crippen LogP contribution in [-0.4, -0.2) is 39.5 Å². The topological polar surface area (TPSA) is 77.9 Å². The molecule has 0 heterocycles. The summed E-state index contributed by atoms with van der Waals surface area (Å²) in [5.41, 5.74) is 0. The Morgan fingerprint density at radius 2 is 1.87 bits per heavy atom. The highest BCUT2D eigenvalue weighted by Gasteiger charge is 2.23. The van der Waals surface area contributed by atoms with Crippen LogP contribution in [0.15, 0.2) is 11.1 Å². The molecule has 0 aliphatic carbocycles. The molecule has 0 saturated heterocycles. The Balaban J connectivity index is 4.73. The maximum absolute atomic E-state index is 11.3. The standard InChI is InChI=1S/C8H11BrN2O4/c1-6(12)5-10(15)11(7(2)13)8(14)3-4-9/h3-4,15H,5H2,1-2H3/b4-3+. The monoisotopic (exact) mass is 278 g/mol. The maximum Gasteiger partial charge on any atom is 0.270 e. The van der Waals surface area contributed by atoms with Crippen LogP contribution in [0.2, 0.25) is 0 Å². The number of ketones is 1. The van der Waals surface area contributed by atoms with Gasteiger partial charge in [-0.05, 0) is 11.9 Å². The van der Waals surface area contributed by atoms with Crippen LogP contribution in [0, 0.1) is 0 Å². The molecule has 0 aromatic carbocycles. The first kappa shape index (κ1) is 13.9. The van der Waals surface area contributed by atoms with Crippen LogP contribution in [0.25, 0.3) is 0 Å². The third-order valence-electron chi connectivity index (χ3n) is 1.31. The van der Waals surface area contributed by atoms with Crippen molar-refractivity contribution in [3.8, 4) is 0 Å². The van der Waals surface area contributed by atoms with Gasteiger partial charge in [0.05, 0.1) is 0 Å². The summed E-state index contributed by atoms with van der Waals surface area (Å²) in [5, 5.41) is 10.0. The van der Waals surface area contributed by atoms with E-state index in [0.29, 0.717) is 5.01 Å². The number of Topliss-reactive ketones (excluding diaryl/α,β-unsaturated/α-hetero) is 1. The quantitative estimate of drug-likeness (QED) is 0.597. The van der Waals surface area contributed by atoms with Gasteiger partial charge in [0.25, 0.3) is 5.91 Å². The highest BCUT2D eigenvalue weighted by atomic mass is 79.9. The van der Waals surface area contributed by atoms with Crippen molar-refractivity contribution in [2.24, 2.45) is 0 Å². The van der Waals surface area contributed by atoms with E-state index in [2.05, 4.69) is 15.9 Å². The summed E-state index contributed by atoms with van der Waals surface area (Å²) in [6.07, 6.45) is 1.03. The second-order valence-electron chi connectivity index (χ2n) is 2.69. The maximum atomic E-state index is 11.3. The normalized spacial score (nSPS) is 10.7. The van der Waals surface area contributed by atoms with Gasteiger partial charge in [0.15, 0.2) is 0 Å². The van der Waals surface area contributed by atoms with Crippen LogP contribution in [0.5, 0.6) is 0 Å². The van der Waals surface area contributed by atoms with Gasteiger partial charge in [-0.25, -0.2) is 0 Å². The summed E-state index contributed by atoms with van der Waals surface area (Å²) in [6.45, 7) is 1.90. The molecule has 0 aromatic rings. The lowest BCUT2D eigenvalue weighted by Gasteiger charge is -2.24. The number of nitrogens with zero attached hydrogens (tertiary/aromatic N) is 2. The van der Waals surface area contributed by atoms with E-state index < -0.39 is 18.4 Å². The molecule has 2 amide bonds. The lowest BCUT2D eigenvalue weighted by molar-refractivity contribution is -0.230. The third kappa shape index (κ3) is 4.82. The van der Waals surface area contributed by atoms with E-state index in [1.54, 1.807) is 0 Å². The summed E-state index contributed by atoms with van der Waals surface area (Å²) in [6, 6.07) is 0. The number of carbonyl (C=O) groups excluding carboxylic acids is 3. The molecule has 1 N–H and O–H groups in total. The van der Waals surface area contributed by atoms with Gasteiger partial charge in [0, 0.05) is 13.0 Å². The first-order chi connectivity index (χ1) is 6.90. The van der Waals surface area contributed by atoms with E-state index in [-0.39, 0.29) is 11.0 Å². The molecule has 6 nitrogen and oxygen atoms in total. The van der Waals surface area contributed by atoms with Gasteiger partial charge in [0.2, 0.25) is 5.91 Å². The lowest BCUT2D eigenvalue weighted by Crippen LogP contribution is -2.48. The smallest absolute Gasteiger partial charge is 0.270 e. The molecule has 0 aliphatic rings. The second kappa shape index (κ2) is 6.44. The molecular weight excluding hydrogens is 268 g/mol. The number of amides is 2. The Labute approximate surface area is 95.2 Å². The number of carbonyl (C=O) groups is 3. The average molecular weight is 279 g/mol. The number of hydrazine groups is 1. The van der Waals surface area contributed by atoms with E-state index in [9.17, 15) is 19.6 Å². The molecule has 0 atom stereocenters. The van der Waals surface area contributed by atoms with Crippen molar-refractivity contribution in [1.82, 2.24) is 10.2 Å². The van der Waals surface area contributed by atoms with Crippen molar-refractivity contribution in [3.05, 3.63) is 11.1 Å². The summed E-state index contributed by atoms with van der Waals surface area (Å²) < 4.78 is 0. The Morgan fingerprint density at radius 1 is 1.33 bits per heavy atom. The minimum absolute atomic E-state index is 0.278. The zero-order valence-electron chi connectivity index (χ0n) is 8.31. The first-order valence-corrected chi connectivity index (χ1v) is 4.89. The molecule has 7 heteroatoms.